The van der Waals surface area contributed by atoms with Crippen LogP contribution in [0, 0.1) is 5.92 Å². The number of rotatable bonds is 7. The van der Waals surface area contributed by atoms with Crippen LogP contribution < -0.4 is 10.1 Å². The minimum absolute atomic E-state index is 0.0178. The van der Waals surface area contributed by atoms with Gasteiger partial charge in [-0.3, -0.25) is 14.4 Å². The molecule has 2 aromatic carbocycles. The number of hydrogen-bond acceptors (Lipinski definition) is 6. The van der Waals surface area contributed by atoms with Crippen molar-refractivity contribution in [3.05, 3.63) is 65.5 Å². The number of aromatic nitrogens is 1. The molecule has 0 saturated carbocycles. The van der Waals surface area contributed by atoms with Crippen LogP contribution in [-0.4, -0.2) is 47.2 Å². The summed E-state index contributed by atoms with van der Waals surface area (Å²) in [4.78, 5) is 44.1. The van der Waals surface area contributed by atoms with E-state index in [-0.39, 0.29) is 30.1 Å². The second-order valence-corrected chi connectivity index (χ2v) is 8.86. The van der Waals surface area contributed by atoms with Gasteiger partial charge in [0.05, 0.1) is 10.6 Å². The van der Waals surface area contributed by atoms with E-state index in [2.05, 4.69) is 10.3 Å². The second-order valence-electron chi connectivity index (χ2n) is 7.86. The smallest absolute Gasteiger partial charge is 0.260 e. The molecule has 0 spiro atoms. The average molecular weight is 464 g/mol. The Morgan fingerprint density at radius 2 is 1.67 bits per heavy atom. The quantitative estimate of drug-likeness (QED) is 0.529. The van der Waals surface area contributed by atoms with E-state index in [9.17, 15) is 14.4 Å². The molecule has 0 bridgehead atoms. The summed E-state index contributed by atoms with van der Waals surface area (Å²) in [5.41, 5.74) is 1.42. The van der Waals surface area contributed by atoms with Gasteiger partial charge in [0.1, 0.15) is 5.75 Å². The highest BCUT2D eigenvalue weighted by Crippen LogP contribution is 2.32. The Labute approximate surface area is 196 Å². The molecule has 1 N–H and O–H groups in total. The summed E-state index contributed by atoms with van der Waals surface area (Å²) < 4.78 is 5.54. The van der Waals surface area contributed by atoms with Gasteiger partial charge in [-0.25, -0.2) is 4.98 Å². The first kappa shape index (κ1) is 22.7. The number of likely N-dealkylation sites (tertiary alicyclic amines) is 1. The van der Waals surface area contributed by atoms with Crippen LogP contribution in [0.3, 0.4) is 0 Å². The standard InChI is InChI=1S/C25H25N3O4S/c1-17(29)23-22(18-8-4-2-5-9-18)26-25(33-23)27-24(31)19-12-14-28(15-13-19)21(30)16-32-20-10-6-3-7-11-20/h2-11,19H,12-16H2,1H3,(H,26,27,31). The molecular weight excluding hydrogens is 438 g/mol. The molecule has 2 amide bonds. The van der Waals surface area contributed by atoms with Crippen LogP contribution in [-0.2, 0) is 9.59 Å². The molecule has 3 aromatic rings. The first-order chi connectivity index (χ1) is 16.0. The summed E-state index contributed by atoms with van der Waals surface area (Å²) >= 11 is 1.19. The molecule has 7 nitrogen and oxygen atoms in total. The SMILES string of the molecule is CC(=O)c1sc(NC(=O)C2CCN(C(=O)COc3ccccc3)CC2)nc1-c1ccccc1. The third-order valence-electron chi connectivity index (χ3n) is 5.55. The van der Waals surface area contributed by atoms with Gasteiger partial charge < -0.3 is 15.0 Å². The molecule has 0 unspecified atom stereocenters. The number of hydrogen-bond donors (Lipinski definition) is 1. The Bertz CT molecular complexity index is 1120. The number of nitrogens with one attached hydrogen (secondary N) is 1. The topological polar surface area (TPSA) is 88.6 Å². The molecule has 170 valence electrons. The Morgan fingerprint density at radius 3 is 2.30 bits per heavy atom. The summed E-state index contributed by atoms with van der Waals surface area (Å²) in [6.07, 6.45) is 1.14. The number of carbonyl (C=O) groups excluding carboxylic acids is 3. The zero-order chi connectivity index (χ0) is 23.2. The van der Waals surface area contributed by atoms with Gasteiger partial charge in [0.2, 0.25) is 5.91 Å². The van der Waals surface area contributed by atoms with Crippen LogP contribution in [0.5, 0.6) is 5.75 Å². The summed E-state index contributed by atoms with van der Waals surface area (Å²) in [5, 5.41) is 3.29. The highest BCUT2D eigenvalue weighted by Gasteiger charge is 2.28. The average Bonchev–Trinajstić information content (AvgIpc) is 3.28. The number of para-hydroxylation sites is 1. The fraction of sp³-hybridized carbons (Fsp3) is 0.280. The Balaban J connectivity index is 1.32. The molecule has 0 atom stereocenters. The fourth-order valence-corrected chi connectivity index (χ4v) is 4.64. The predicted octanol–water partition coefficient (Wildman–Crippen LogP) is 4.27. The van der Waals surface area contributed by atoms with Crippen LogP contribution in [0.2, 0.25) is 0 Å². The molecule has 2 heterocycles. The van der Waals surface area contributed by atoms with Gasteiger partial charge in [0.15, 0.2) is 17.5 Å². The Hall–Kier alpha value is -3.52. The summed E-state index contributed by atoms with van der Waals surface area (Å²) in [6, 6.07) is 18.7. The zero-order valence-electron chi connectivity index (χ0n) is 18.3. The van der Waals surface area contributed by atoms with E-state index in [0.29, 0.717) is 47.4 Å². The molecule has 1 aromatic heterocycles. The number of piperidine rings is 1. The van der Waals surface area contributed by atoms with E-state index in [0.717, 1.165) is 5.56 Å². The highest BCUT2D eigenvalue weighted by atomic mass is 32.1. The third kappa shape index (κ3) is 5.64. The van der Waals surface area contributed by atoms with Crippen LogP contribution in [0.4, 0.5) is 5.13 Å². The van der Waals surface area contributed by atoms with Gasteiger partial charge >= 0.3 is 0 Å². The van der Waals surface area contributed by atoms with E-state index in [1.807, 2.05) is 60.7 Å². The minimum atomic E-state index is -0.214. The molecular formula is C25H25N3O4S. The Kier molecular flexibility index (Phi) is 7.14. The van der Waals surface area contributed by atoms with Gasteiger partial charge in [0.25, 0.3) is 5.91 Å². The van der Waals surface area contributed by atoms with Crippen molar-refractivity contribution in [2.75, 3.05) is 25.0 Å². The van der Waals surface area contributed by atoms with E-state index < -0.39 is 0 Å². The number of thiazole rings is 1. The van der Waals surface area contributed by atoms with E-state index >= 15 is 0 Å². The Morgan fingerprint density at radius 1 is 1.03 bits per heavy atom. The van der Waals surface area contributed by atoms with Crippen molar-refractivity contribution in [2.45, 2.75) is 19.8 Å². The van der Waals surface area contributed by atoms with Crippen molar-refractivity contribution in [2.24, 2.45) is 5.92 Å². The maximum Gasteiger partial charge on any atom is 0.260 e. The molecule has 1 aliphatic rings. The van der Waals surface area contributed by atoms with Crippen LogP contribution in [0.1, 0.15) is 29.4 Å². The first-order valence-corrected chi connectivity index (χ1v) is 11.7. The van der Waals surface area contributed by atoms with Crippen molar-refractivity contribution in [3.8, 4) is 17.0 Å². The molecule has 8 heteroatoms. The number of ketones is 1. The second kappa shape index (κ2) is 10.4. The number of benzene rings is 2. The van der Waals surface area contributed by atoms with E-state index in [1.165, 1.54) is 18.3 Å². The normalized spacial score (nSPS) is 14.0. The predicted molar refractivity (Wildman–Crippen MR) is 127 cm³/mol. The highest BCUT2D eigenvalue weighted by molar-refractivity contribution is 7.18. The monoisotopic (exact) mass is 463 g/mol. The lowest BCUT2D eigenvalue weighted by atomic mass is 9.96. The van der Waals surface area contributed by atoms with Crippen molar-refractivity contribution in [1.29, 1.82) is 0 Å². The number of ether oxygens (including phenoxy) is 1. The van der Waals surface area contributed by atoms with Gasteiger partial charge in [-0.2, -0.15) is 0 Å². The molecule has 0 radical (unpaired) electrons. The number of Topliss-reactive ketones (excluding diaryl/α,β-unsaturated/α-hetero) is 1. The zero-order valence-corrected chi connectivity index (χ0v) is 19.1. The largest absolute Gasteiger partial charge is 0.484 e. The summed E-state index contributed by atoms with van der Waals surface area (Å²) in [7, 11) is 0. The van der Waals surface area contributed by atoms with Gasteiger partial charge in [-0.1, -0.05) is 59.9 Å². The van der Waals surface area contributed by atoms with E-state index in [1.54, 1.807) is 4.90 Å². The molecule has 0 aliphatic carbocycles. The van der Waals surface area contributed by atoms with Crippen molar-refractivity contribution in [3.63, 3.8) is 0 Å². The fourth-order valence-electron chi connectivity index (χ4n) is 3.76. The van der Waals surface area contributed by atoms with Gasteiger partial charge in [-0.05, 0) is 25.0 Å². The molecule has 1 fully saturated rings. The molecule has 4 rings (SSSR count). The van der Waals surface area contributed by atoms with Crippen LogP contribution in [0.25, 0.3) is 11.3 Å². The summed E-state index contributed by atoms with van der Waals surface area (Å²) in [6.45, 7) is 2.48. The first-order valence-electron chi connectivity index (χ1n) is 10.8. The molecule has 1 aliphatic heterocycles. The number of amides is 2. The lowest BCUT2D eigenvalue weighted by molar-refractivity contribution is -0.136. The third-order valence-corrected chi connectivity index (χ3v) is 6.62. The maximum atomic E-state index is 12.8. The lowest BCUT2D eigenvalue weighted by Crippen LogP contribution is -2.43. The minimum Gasteiger partial charge on any atom is -0.484 e. The number of carbonyl (C=O) groups is 3. The van der Waals surface area contributed by atoms with Crippen molar-refractivity contribution in [1.82, 2.24) is 9.88 Å². The number of anilines is 1. The van der Waals surface area contributed by atoms with Crippen LogP contribution >= 0.6 is 11.3 Å². The molecule has 1 saturated heterocycles. The maximum absolute atomic E-state index is 12.8. The lowest BCUT2D eigenvalue weighted by Gasteiger charge is -2.31. The number of nitrogens with zero attached hydrogens (tertiary/aromatic N) is 2. The van der Waals surface area contributed by atoms with Crippen LogP contribution in [0.15, 0.2) is 60.7 Å². The van der Waals surface area contributed by atoms with Crippen molar-refractivity contribution < 1.29 is 19.1 Å². The van der Waals surface area contributed by atoms with Crippen molar-refractivity contribution >= 4 is 34.1 Å². The molecule has 33 heavy (non-hydrogen) atoms. The summed E-state index contributed by atoms with van der Waals surface area (Å²) in [5.74, 6) is 0.135. The van der Waals surface area contributed by atoms with E-state index in [4.69, 9.17) is 4.74 Å². The van der Waals surface area contributed by atoms with Gasteiger partial charge in [0, 0.05) is 31.5 Å². The van der Waals surface area contributed by atoms with Gasteiger partial charge in [-0.15, -0.1) is 0 Å².